The number of furan rings is 1. The number of hydrogen-bond donors (Lipinski definition) is 1. The third kappa shape index (κ3) is 4.95. The molecule has 0 aromatic carbocycles. The molecule has 0 radical (unpaired) electrons. The van der Waals surface area contributed by atoms with Crippen LogP contribution in [0.2, 0.25) is 0 Å². The Hall–Kier alpha value is -3.31. The Morgan fingerprint density at radius 2 is 2.38 bits per heavy atom. The first-order valence-corrected chi connectivity index (χ1v) is 9.92. The van der Waals surface area contributed by atoms with Gasteiger partial charge in [-0.2, -0.15) is 5.26 Å². The number of likely N-dealkylation sites (N-methyl/N-ethyl adjacent to an activating group) is 1. The van der Waals surface area contributed by atoms with Crippen molar-refractivity contribution in [1.82, 2.24) is 4.90 Å². The average molecular weight is 411 g/mol. The summed E-state index contributed by atoms with van der Waals surface area (Å²) in [6.07, 6.45) is 8.86. The van der Waals surface area contributed by atoms with Gasteiger partial charge in [0.2, 0.25) is 5.91 Å². The van der Waals surface area contributed by atoms with Crippen LogP contribution in [0.25, 0.3) is 6.08 Å². The van der Waals surface area contributed by atoms with Crippen molar-refractivity contribution < 1.29 is 18.7 Å². The maximum absolute atomic E-state index is 12.2. The van der Waals surface area contributed by atoms with Crippen LogP contribution in [-0.2, 0) is 22.4 Å². The van der Waals surface area contributed by atoms with Gasteiger partial charge in [0.05, 0.1) is 18.1 Å². The van der Waals surface area contributed by atoms with Crippen LogP contribution in [0.1, 0.15) is 28.0 Å². The van der Waals surface area contributed by atoms with Crippen LogP contribution in [0.3, 0.4) is 0 Å². The summed E-state index contributed by atoms with van der Waals surface area (Å²) in [7, 11) is 1.65. The number of amides is 2. The summed E-state index contributed by atoms with van der Waals surface area (Å²) in [6.45, 7) is 4.02. The van der Waals surface area contributed by atoms with Crippen LogP contribution >= 0.6 is 11.3 Å². The predicted octanol–water partition coefficient (Wildman–Crippen LogP) is 3.98. The van der Waals surface area contributed by atoms with E-state index in [-0.39, 0.29) is 12.0 Å². The summed E-state index contributed by atoms with van der Waals surface area (Å²) in [5.41, 5.74) is 2.19. The van der Waals surface area contributed by atoms with Gasteiger partial charge < -0.3 is 19.4 Å². The Kier molecular flexibility index (Phi) is 6.52. The van der Waals surface area contributed by atoms with Gasteiger partial charge in [-0.25, -0.2) is 4.79 Å². The quantitative estimate of drug-likeness (QED) is 0.573. The molecule has 1 aliphatic carbocycles. The summed E-state index contributed by atoms with van der Waals surface area (Å²) >= 11 is 1.36. The molecule has 7 nitrogen and oxygen atoms in total. The van der Waals surface area contributed by atoms with Gasteiger partial charge in [-0.3, -0.25) is 4.79 Å². The van der Waals surface area contributed by atoms with E-state index in [0.717, 1.165) is 16.0 Å². The fraction of sp³-hybridized carbons (Fsp3) is 0.286. The number of nitrogens with one attached hydrogen (secondary N) is 1. The molecule has 1 atom stereocenters. The van der Waals surface area contributed by atoms with E-state index in [1.165, 1.54) is 34.8 Å². The van der Waals surface area contributed by atoms with Gasteiger partial charge in [-0.15, -0.1) is 17.9 Å². The van der Waals surface area contributed by atoms with E-state index >= 15 is 0 Å². The second-order valence-electron chi connectivity index (χ2n) is 6.62. The Bertz CT molecular complexity index is 969. The van der Waals surface area contributed by atoms with Gasteiger partial charge >= 0.3 is 6.09 Å². The number of hydrogen-bond acceptors (Lipinski definition) is 6. The van der Waals surface area contributed by atoms with Crippen molar-refractivity contribution in [2.24, 2.45) is 0 Å². The molecule has 2 amide bonds. The molecule has 1 N–H and O–H groups in total. The van der Waals surface area contributed by atoms with E-state index in [9.17, 15) is 14.9 Å². The van der Waals surface area contributed by atoms with E-state index in [1.54, 1.807) is 25.3 Å². The predicted molar refractivity (Wildman–Crippen MR) is 111 cm³/mol. The van der Waals surface area contributed by atoms with Crippen LogP contribution in [-0.4, -0.2) is 36.6 Å². The third-order valence-electron chi connectivity index (χ3n) is 4.52. The highest BCUT2D eigenvalue weighted by molar-refractivity contribution is 7.16. The van der Waals surface area contributed by atoms with Crippen LogP contribution in [0.15, 0.2) is 41.7 Å². The highest BCUT2D eigenvalue weighted by Gasteiger charge is 2.28. The summed E-state index contributed by atoms with van der Waals surface area (Å²) in [5, 5.41) is 12.9. The summed E-state index contributed by atoms with van der Waals surface area (Å²) in [5.74, 6) is -0.324. The Labute approximate surface area is 172 Å². The molecule has 0 fully saturated rings. The third-order valence-corrected chi connectivity index (χ3v) is 5.69. The molecule has 0 saturated heterocycles. The summed E-state index contributed by atoms with van der Waals surface area (Å²) in [4.78, 5) is 26.7. The average Bonchev–Trinajstić information content (AvgIpc) is 3.33. The highest BCUT2D eigenvalue weighted by Crippen LogP contribution is 2.38. The van der Waals surface area contributed by atoms with Gasteiger partial charge in [0.1, 0.15) is 17.2 Å². The minimum atomic E-state index is -0.395. The molecule has 2 aromatic rings. The van der Waals surface area contributed by atoms with Crippen LogP contribution in [0, 0.1) is 11.3 Å². The molecular weight excluding hydrogens is 390 g/mol. The molecule has 0 bridgehead atoms. The molecule has 2 heterocycles. The van der Waals surface area contributed by atoms with Crippen molar-refractivity contribution in [3.05, 3.63) is 58.9 Å². The molecule has 29 heavy (non-hydrogen) atoms. The molecular formula is C21H21N3O4S. The first-order valence-electron chi connectivity index (χ1n) is 9.10. The van der Waals surface area contributed by atoms with E-state index in [1.807, 2.05) is 0 Å². The lowest BCUT2D eigenvalue weighted by molar-refractivity contribution is -0.111. The largest absolute Gasteiger partial charge is 0.472 e. The molecule has 1 unspecified atom stereocenters. The van der Waals surface area contributed by atoms with Gasteiger partial charge in [0.25, 0.3) is 0 Å². The molecule has 8 heteroatoms. The zero-order valence-electron chi connectivity index (χ0n) is 16.0. The standard InChI is InChI=1S/C21H21N3O4S/c1-3-9-24(2)21(26)28-15-5-6-16-17(12-22)20(29-18(16)11-15)23-19(25)7-4-14-8-10-27-13-14/h3-4,7-8,10,13,15H,1,5-6,9,11H2,2H3,(H,23,25)/b7-4+. The highest BCUT2D eigenvalue weighted by atomic mass is 32.1. The van der Waals surface area contributed by atoms with Crippen molar-refractivity contribution in [3.63, 3.8) is 0 Å². The number of thiophene rings is 1. The van der Waals surface area contributed by atoms with Crippen molar-refractivity contribution in [3.8, 4) is 6.07 Å². The summed E-state index contributed by atoms with van der Waals surface area (Å²) in [6, 6.07) is 3.94. The second-order valence-corrected chi connectivity index (χ2v) is 7.72. The smallest absolute Gasteiger partial charge is 0.410 e. The number of anilines is 1. The maximum atomic E-state index is 12.2. The lowest BCUT2D eigenvalue weighted by atomic mass is 9.94. The second kappa shape index (κ2) is 9.26. The molecule has 150 valence electrons. The zero-order valence-corrected chi connectivity index (χ0v) is 16.8. The van der Waals surface area contributed by atoms with E-state index in [4.69, 9.17) is 9.15 Å². The molecule has 2 aromatic heterocycles. The number of ether oxygens (including phenoxy) is 1. The van der Waals surface area contributed by atoms with Crippen molar-refractivity contribution in [1.29, 1.82) is 5.26 Å². The van der Waals surface area contributed by atoms with Crippen molar-refractivity contribution in [2.45, 2.75) is 25.4 Å². The number of nitriles is 1. The Morgan fingerprint density at radius 1 is 1.55 bits per heavy atom. The minimum absolute atomic E-state index is 0.253. The SMILES string of the molecule is C=CCN(C)C(=O)OC1CCc2c(sc(NC(=O)/C=C/c3ccoc3)c2C#N)C1. The first kappa shape index (κ1) is 20.4. The fourth-order valence-corrected chi connectivity index (χ4v) is 4.32. The molecule has 0 aliphatic heterocycles. The van der Waals surface area contributed by atoms with E-state index in [0.29, 0.717) is 36.4 Å². The van der Waals surface area contributed by atoms with Crippen LogP contribution < -0.4 is 5.32 Å². The topological polar surface area (TPSA) is 95.6 Å². The maximum Gasteiger partial charge on any atom is 0.410 e. The Balaban J connectivity index is 1.68. The number of carbonyl (C=O) groups excluding carboxylic acids is 2. The minimum Gasteiger partial charge on any atom is -0.472 e. The monoisotopic (exact) mass is 411 g/mol. The van der Waals surface area contributed by atoms with Gasteiger partial charge in [-0.05, 0) is 30.5 Å². The Morgan fingerprint density at radius 3 is 3.07 bits per heavy atom. The number of rotatable bonds is 6. The van der Waals surface area contributed by atoms with Crippen molar-refractivity contribution in [2.75, 3.05) is 18.9 Å². The lowest BCUT2D eigenvalue weighted by Gasteiger charge is -2.25. The molecule has 3 rings (SSSR count). The van der Waals surface area contributed by atoms with E-state index in [2.05, 4.69) is 18.0 Å². The van der Waals surface area contributed by atoms with E-state index < -0.39 is 6.09 Å². The van der Waals surface area contributed by atoms with Crippen molar-refractivity contribution >= 4 is 34.4 Å². The normalized spacial score (nSPS) is 15.4. The van der Waals surface area contributed by atoms with Gasteiger partial charge in [0.15, 0.2) is 0 Å². The van der Waals surface area contributed by atoms with Gasteiger partial charge in [-0.1, -0.05) is 6.08 Å². The lowest BCUT2D eigenvalue weighted by Crippen LogP contribution is -2.33. The number of carbonyl (C=O) groups is 2. The zero-order chi connectivity index (χ0) is 20.8. The van der Waals surface area contributed by atoms with Crippen LogP contribution in [0.4, 0.5) is 9.80 Å². The molecule has 0 saturated carbocycles. The fourth-order valence-electron chi connectivity index (χ4n) is 3.06. The summed E-state index contributed by atoms with van der Waals surface area (Å²) < 4.78 is 10.5. The van der Waals surface area contributed by atoms with Gasteiger partial charge in [0, 0.05) is 36.5 Å². The number of nitrogens with zero attached hydrogens (tertiary/aromatic N) is 2. The van der Waals surface area contributed by atoms with Crippen LogP contribution in [0.5, 0.6) is 0 Å². The first-order chi connectivity index (χ1) is 14.0. The number of fused-ring (bicyclic) bond motifs is 1. The molecule has 0 spiro atoms. The molecule has 1 aliphatic rings.